The minimum absolute atomic E-state index is 0.0119. The Morgan fingerprint density at radius 3 is 2.76 bits per heavy atom. The fourth-order valence-electron chi connectivity index (χ4n) is 1.52. The number of nitrogens with one attached hydrogen (secondary N) is 1. The van der Waals surface area contributed by atoms with Gasteiger partial charge in [-0.15, -0.1) is 0 Å². The predicted molar refractivity (Wildman–Crippen MR) is 69.7 cm³/mol. The van der Waals surface area contributed by atoms with E-state index in [1.54, 1.807) is 7.05 Å². The van der Waals surface area contributed by atoms with Crippen molar-refractivity contribution in [2.24, 2.45) is 5.73 Å². The average molecular weight is 256 g/mol. The molecule has 0 bridgehead atoms. The van der Waals surface area contributed by atoms with Crippen LogP contribution in [-0.4, -0.2) is 31.4 Å². The molecule has 0 aliphatic carbocycles. The molecule has 1 aromatic carbocycles. The van der Waals surface area contributed by atoms with E-state index in [9.17, 15) is 4.79 Å². The minimum Gasteiger partial charge on any atom is -0.358 e. The Morgan fingerprint density at radius 1 is 1.53 bits per heavy atom. The molecule has 0 aliphatic rings. The predicted octanol–water partition coefficient (Wildman–Crippen LogP) is 0.977. The summed E-state index contributed by atoms with van der Waals surface area (Å²) in [5.41, 5.74) is 7.53. The number of rotatable bonds is 5. The zero-order valence-electron chi connectivity index (χ0n) is 10.2. The van der Waals surface area contributed by atoms with Gasteiger partial charge in [0, 0.05) is 25.2 Å². The summed E-state index contributed by atoms with van der Waals surface area (Å²) >= 11 is 6.14. The molecule has 0 aliphatic heterocycles. The number of halogens is 1. The van der Waals surface area contributed by atoms with Crippen LogP contribution in [0.25, 0.3) is 0 Å². The Kier molecular flexibility index (Phi) is 5.41. The van der Waals surface area contributed by atoms with Crippen LogP contribution in [0, 0.1) is 0 Å². The summed E-state index contributed by atoms with van der Waals surface area (Å²) in [6, 6.07) is 5.77. The SMILES string of the molecule is CNC(=O)CN(C)Cc1ccc(CN)cc1Cl. The van der Waals surface area contributed by atoms with Crippen molar-refractivity contribution in [1.29, 1.82) is 0 Å². The Balaban J connectivity index is 2.65. The Hall–Kier alpha value is -1.10. The van der Waals surface area contributed by atoms with Crippen LogP contribution in [-0.2, 0) is 17.9 Å². The lowest BCUT2D eigenvalue weighted by atomic mass is 10.1. The van der Waals surface area contributed by atoms with Crippen LogP contribution < -0.4 is 11.1 Å². The average Bonchev–Trinajstić information content (AvgIpc) is 2.31. The fraction of sp³-hybridized carbons (Fsp3) is 0.417. The third-order valence-corrected chi connectivity index (χ3v) is 2.84. The van der Waals surface area contributed by atoms with E-state index in [0.29, 0.717) is 24.7 Å². The molecular weight excluding hydrogens is 238 g/mol. The molecule has 0 aromatic heterocycles. The van der Waals surface area contributed by atoms with Crippen LogP contribution in [0.3, 0.4) is 0 Å². The molecule has 0 saturated heterocycles. The van der Waals surface area contributed by atoms with Gasteiger partial charge in [-0.3, -0.25) is 9.69 Å². The molecule has 17 heavy (non-hydrogen) atoms. The van der Waals surface area contributed by atoms with Crippen molar-refractivity contribution in [2.75, 3.05) is 20.6 Å². The van der Waals surface area contributed by atoms with Crippen molar-refractivity contribution in [3.63, 3.8) is 0 Å². The highest BCUT2D eigenvalue weighted by atomic mass is 35.5. The molecule has 94 valence electrons. The van der Waals surface area contributed by atoms with E-state index in [-0.39, 0.29) is 5.91 Å². The molecule has 0 unspecified atom stereocenters. The van der Waals surface area contributed by atoms with Crippen molar-refractivity contribution < 1.29 is 4.79 Å². The smallest absolute Gasteiger partial charge is 0.233 e. The maximum atomic E-state index is 11.2. The van der Waals surface area contributed by atoms with Crippen LogP contribution in [0.4, 0.5) is 0 Å². The quantitative estimate of drug-likeness (QED) is 0.825. The first-order valence-corrected chi connectivity index (χ1v) is 5.81. The lowest BCUT2D eigenvalue weighted by Crippen LogP contribution is -2.32. The second kappa shape index (κ2) is 6.59. The number of amides is 1. The van der Waals surface area contributed by atoms with Crippen LogP contribution in [0.15, 0.2) is 18.2 Å². The molecule has 0 fully saturated rings. The molecule has 0 spiro atoms. The number of nitrogens with two attached hydrogens (primary N) is 1. The number of benzene rings is 1. The van der Waals surface area contributed by atoms with Gasteiger partial charge < -0.3 is 11.1 Å². The van der Waals surface area contributed by atoms with Crippen LogP contribution in [0.2, 0.25) is 5.02 Å². The van der Waals surface area contributed by atoms with Gasteiger partial charge in [0.25, 0.3) is 0 Å². The summed E-state index contributed by atoms with van der Waals surface area (Å²) in [5.74, 6) is -0.0119. The number of likely N-dealkylation sites (N-methyl/N-ethyl adjacent to an activating group) is 2. The first-order valence-electron chi connectivity index (χ1n) is 5.43. The fourth-order valence-corrected chi connectivity index (χ4v) is 1.78. The molecule has 1 amide bonds. The Bertz CT molecular complexity index is 395. The Labute approximate surface area is 107 Å². The van der Waals surface area contributed by atoms with Crippen molar-refractivity contribution in [2.45, 2.75) is 13.1 Å². The van der Waals surface area contributed by atoms with Gasteiger partial charge in [0.15, 0.2) is 0 Å². The van der Waals surface area contributed by atoms with E-state index in [0.717, 1.165) is 11.1 Å². The monoisotopic (exact) mass is 255 g/mol. The molecule has 0 atom stereocenters. The maximum absolute atomic E-state index is 11.2. The topological polar surface area (TPSA) is 58.4 Å². The maximum Gasteiger partial charge on any atom is 0.233 e. The molecule has 4 nitrogen and oxygen atoms in total. The zero-order chi connectivity index (χ0) is 12.8. The van der Waals surface area contributed by atoms with Crippen LogP contribution in [0.5, 0.6) is 0 Å². The molecule has 1 rings (SSSR count). The molecular formula is C12H18ClN3O. The first kappa shape index (κ1) is 14.0. The van der Waals surface area contributed by atoms with Crippen LogP contribution in [0.1, 0.15) is 11.1 Å². The van der Waals surface area contributed by atoms with Crippen molar-refractivity contribution in [3.8, 4) is 0 Å². The van der Waals surface area contributed by atoms with Gasteiger partial charge in [0.05, 0.1) is 6.54 Å². The standard InChI is InChI=1S/C12H18ClN3O/c1-15-12(17)8-16(2)7-10-4-3-9(6-14)5-11(10)13/h3-5H,6-8,14H2,1-2H3,(H,15,17). The van der Waals surface area contributed by atoms with Gasteiger partial charge in [0.1, 0.15) is 0 Å². The van der Waals surface area contributed by atoms with Crippen LogP contribution >= 0.6 is 11.6 Å². The van der Waals surface area contributed by atoms with E-state index in [4.69, 9.17) is 17.3 Å². The summed E-state index contributed by atoms with van der Waals surface area (Å²) in [5, 5.41) is 3.28. The highest BCUT2D eigenvalue weighted by Crippen LogP contribution is 2.19. The van der Waals surface area contributed by atoms with Gasteiger partial charge >= 0.3 is 0 Å². The Morgan fingerprint density at radius 2 is 2.24 bits per heavy atom. The van der Waals surface area contributed by atoms with Gasteiger partial charge in [-0.05, 0) is 24.2 Å². The van der Waals surface area contributed by atoms with Gasteiger partial charge in [0.2, 0.25) is 5.91 Å². The van der Waals surface area contributed by atoms with Crippen molar-refractivity contribution in [1.82, 2.24) is 10.2 Å². The molecule has 0 saturated carbocycles. The summed E-state index contributed by atoms with van der Waals surface area (Å²) < 4.78 is 0. The minimum atomic E-state index is -0.0119. The number of carbonyl (C=O) groups excluding carboxylic acids is 1. The third-order valence-electron chi connectivity index (χ3n) is 2.49. The third kappa shape index (κ3) is 4.34. The normalized spacial score (nSPS) is 10.6. The summed E-state index contributed by atoms with van der Waals surface area (Å²) in [6.45, 7) is 1.47. The summed E-state index contributed by atoms with van der Waals surface area (Å²) in [4.78, 5) is 13.1. The van der Waals surface area contributed by atoms with E-state index >= 15 is 0 Å². The molecule has 3 N–H and O–H groups in total. The van der Waals surface area contributed by atoms with Gasteiger partial charge in [-0.1, -0.05) is 23.7 Å². The highest BCUT2D eigenvalue weighted by molar-refractivity contribution is 6.31. The van der Waals surface area contributed by atoms with Gasteiger partial charge in [-0.25, -0.2) is 0 Å². The second-order valence-electron chi connectivity index (χ2n) is 3.98. The number of hydrogen-bond donors (Lipinski definition) is 2. The molecule has 5 heteroatoms. The van der Waals surface area contributed by atoms with E-state index in [1.165, 1.54) is 0 Å². The van der Waals surface area contributed by atoms with E-state index in [1.807, 2.05) is 30.1 Å². The largest absolute Gasteiger partial charge is 0.358 e. The van der Waals surface area contributed by atoms with Crippen molar-refractivity contribution in [3.05, 3.63) is 34.3 Å². The van der Waals surface area contributed by atoms with Crippen molar-refractivity contribution >= 4 is 17.5 Å². The highest BCUT2D eigenvalue weighted by Gasteiger charge is 2.08. The molecule has 0 radical (unpaired) electrons. The molecule has 0 heterocycles. The zero-order valence-corrected chi connectivity index (χ0v) is 10.9. The van der Waals surface area contributed by atoms with Gasteiger partial charge in [-0.2, -0.15) is 0 Å². The molecule has 1 aromatic rings. The summed E-state index contributed by atoms with van der Waals surface area (Å²) in [6.07, 6.45) is 0. The lowest BCUT2D eigenvalue weighted by Gasteiger charge is -2.16. The number of carbonyl (C=O) groups is 1. The second-order valence-corrected chi connectivity index (χ2v) is 4.38. The first-order chi connectivity index (χ1) is 8.06. The number of nitrogens with zero attached hydrogens (tertiary/aromatic N) is 1. The summed E-state index contributed by atoms with van der Waals surface area (Å²) in [7, 11) is 3.50. The van der Waals surface area contributed by atoms with E-state index < -0.39 is 0 Å². The number of hydrogen-bond acceptors (Lipinski definition) is 3. The lowest BCUT2D eigenvalue weighted by molar-refractivity contribution is -0.121. The van der Waals surface area contributed by atoms with E-state index in [2.05, 4.69) is 5.32 Å².